The van der Waals surface area contributed by atoms with Gasteiger partial charge >= 0.3 is 5.97 Å². The van der Waals surface area contributed by atoms with Gasteiger partial charge in [0.15, 0.2) is 0 Å². The van der Waals surface area contributed by atoms with Crippen molar-refractivity contribution >= 4 is 41.2 Å². The monoisotopic (exact) mass is 728 g/mol. The van der Waals surface area contributed by atoms with Gasteiger partial charge in [0.1, 0.15) is 11.5 Å². The number of hydrogen-bond acceptors (Lipinski definition) is 5. The lowest BCUT2D eigenvalue weighted by atomic mass is 9.69. The van der Waals surface area contributed by atoms with Gasteiger partial charge in [0.05, 0.1) is 6.54 Å². The number of nitrogens with zero attached hydrogens (tertiary/aromatic N) is 3. The van der Waals surface area contributed by atoms with Gasteiger partial charge in [-0.25, -0.2) is 0 Å². The van der Waals surface area contributed by atoms with E-state index in [9.17, 15) is 19.5 Å². The molecule has 1 aliphatic heterocycles. The van der Waals surface area contributed by atoms with Crippen LogP contribution in [0.5, 0.6) is 0 Å². The van der Waals surface area contributed by atoms with Crippen LogP contribution in [0.1, 0.15) is 57.9 Å². The summed E-state index contributed by atoms with van der Waals surface area (Å²) in [6.45, 7) is 2.64. The van der Waals surface area contributed by atoms with Gasteiger partial charge in [0.25, 0.3) is 11.8 Å². The van der Waals surface area contributed by atoms with Crippen molar-refractivity contribution < 1.29 is 19.5 Å². The second-order valence-corrected chi connectivity index (χ2v) is 14.9. The fraction of sp³-hybridized carbons (Fsp3) is 0.234. The van der Waals surface area contributed by atoms with Crippen LogP contribution >= 0.6 is 0 Å². The number of carbonyl (C=O) groups excluding carboxylic acids is 2. The number of hydrogen-bond donors (Lipinski definition) is 2. The van der Waals surface area contributed by atoms with Crippen molar-refractivity contribution in [3.8, 4) is 0 Å². The van der Waals surface area contributed by atoms with Gasteiger partial charge in [-0.2, -0.15) is 0 Å². The Morgan fingerprint density at radius 1 is 0.927 bits per heavy atom. The number of carboxylic acid groups (broad SMARTS) is 1. The van der Waals surface area contributed by atoms with Crippen molar-refractivity contribution in [3.63, 3.8) is 0 Å². The van der Waals surface area contributed by atoms with E-state index in [0.717, 1.165) is 73.7 Å². The summed E-state index contributed by atoms with van der Waals surface area (Å²) in [4.78, 5) is 49.3. The van der Waals surface area contributed by atoms with Crippen LogP contribution in [0.2, 0.25) is 0 Å². The van der Waals surface area contributed by atoms with Crippen LogP contribution in [0.25, 0.3) is 17.7 Å². The highest BCUT2D eigenvalue weighted by molar-refractivity contribution is 6.00. The molecule has 2 unspecified atom stereocenters. The normalized spacial score (nSPS) is 17.1. The predicted molar refractivity (Wildman–Crippen MR) is 215 cm³/mol. The molecule has 2 aliphatic carbocycles. The zero-order valence-corrected chi connectivity index (χ0v) is 31.2. The number of pyridine rings is 1. The number of rotatable bonds is 9. The van der Waals surface area contributed by atoms with Crippen molar-refractivity contribution in [2.24, 2.45) is 5.41 Å². The molecule has 8 rings (SSSR count). The van der Waals surface area contributed by atoms with Crippen molar-refractivity contribution in [3.05, 3.63) is 170 Å². The Bertz CT molecular complexity index is 2570. The second-order valence-electron chi connectivity index (χ2n) is 14.9. The van der Waals surface area contributed by atoms with Crippen LogP contribution in [-0.2, 0) is 35.4 Å². The highest BCUT2D eigenvalue weighted by Gasteiger charge is 2.51. The standard InChI is InChI=1S/C47H44N4O4/c1-47(46(54)55,43-45(53)51(28-24-31-9-4-3-5-10-31)30-35-11-6-7-14-42(35)49-43)41-13-8-12-37-39-18-15-33-29-34(16-17-36(33)38(39)19-20-40(37)41)44(52)50(2)27-23-32-21-25-48-26-22-32/h3-7,9-11,14-17,19-22,24-26,28-29,43,49H,8,12-13,18,23,27,30H2,1-2H3,(H,54,55). The number of carbonyl (C=O) groups is 3. The molecule has 0 spiro atoms. The summed E-state index contributed by atoms with van der Waals surface area (Å²) in [5.74, 6) is -1.35. The molecule has 2 amide bonds. The third kappa shape index (κ3) is 6.73. The number of carboxylic acids is 1. The van der Waals surface area contributed by atoms with Crippen LogP contribution in [0, 0.1) is 15.9 Å². The molecule has 276 valence electrons. The van der Waals surface area contributed by atoms with E-state index in [1.165, 1.54) is 5.56 Å². The minimum absolute atomic E-state index is 0.0212. The molecule has 0 saturated carbocycles. The van der Waals surface area contributed by atoms with Gasteiger partial charge in [0.2, 0.25) is 0 Å². The summed E-state index contributed by atoms with van der Waals surface area (Å²) in [7, 11) is 1.84. The first-order valence-electron chi connectivity index (χ1n) is 19.0. The maximum atomic E-state index is 14.6. The number of aliphatic carboxylic acids is 1. The minimum atomic E-state index is -1.55. The molecule has 3 aliphatic rings. The van der Waals surface area contributed by atoms with Crippen LogP contribution in [0.4, 0.5) is 5.69 Å². The third-order valence-electron chi connectivity index (χ3n) is 11.6. The molecule has 8 nitrogen and oxygen atoms in total. The molecule has 8 heteroatoms. The number of nitrogens with one attached hydrogen (secondary N) is 1. The molecule has 2 atom stereocenters. The molecule has 2 N–H and O–H groups in total. The lowest BCUT2D eigenvalue weighted by molar-refractivity contribution is -0.149. The Morgan fingerprint density at radius 2 is 1.67 bits per heavy atom. The van der Waals surface area contributed by atoms with Crippen LogP contribution in [0.15, 0.2) is 116 Å². The molecule has 0 radical (unpaired) electrons. The molecule has 0 bridgehead atoms. The van der Waals surface area contributed by atoms with Gasteiger partial charge in [0, 0.05) is 43.4 Å². The zero-order chi connectivity index (χ0) is 38.1. The molecule has 55 heavy (non-hydrogen) atoms. The number of anilines is 1. The van der Waals surface area contributed by atoms with Crippen LogP contribution in [0.3, 0.4) is 0 Å². The first-order chi connectivity index (χ1) is 26.7. The molecule has 0 saturated heterocycles. The number of amides is 2. The lowest BCUT2D eigenvalue weighted by Crippen LogP contribution is -2.54. The van der Waals surface area contributed by atoms with Crippen LogP contribution < -0.4 is 15.8 Å². The lowest BCUT2D eigenvalue weighted by Gasteiger charge is -2.38. The summed E-state index contributed by atoms with van der Waals surface area (Å²) >= 11 is 0. The molecule has 2 heterocycles. The maximum absolute atomic E-state index is 14.6. The fourth-order valence-corrected chi connectivity index (χ4v) is 8.48. The molecular weight excluding hydrogens is 685 g/mol. The summed E-state index contributed by atoms with van der Waals surface area (Å²) in [6, 6.07) is 30.5. The van der Waals surface area contributed by atoms with Crippen molar-refractivity contribution in [2.45, 2.75) is 51.6 Å². The second kappa shape index (κ2) is 14.9. The summed E-state index contributed by atoms with van der Waals surface area (Å²) < 4.78 is 0. The highest BCUT2D eigenvalue weighted by Crippen LogP contribution is 2.41. The average molecular weight is 729 g/mol. The Labute approximate surface area is 320 Å². The third-order valence-corrected chi connectivity index (χ3v) is 11.6. The smallest absolute Gasteiger partial charge is 0.316 e. The van der Waals surface area contributed by atoms with E-state index < -0.39 is 17.4 Å². The maximum Gasteiger partial charge on any atom is 0.316 e. The molecule has 4 aromatic carbocycles. The Kier molecular flexibility index (Phi) is 9.66. The number of para-hydroxylation sites is 1. The molecular formula is C47H44N4O4. The van der Waals surface area contributed by atoms with E-state index in [4.69, 9.17) is 0 Å². The van der Waals surface area contributed by atoms with Gasteiger partial charge < -0.3 is 20.2 Å². The SMILES string of the molecule is CN(CCc1ccncc1)C(=O)c1ccc2c(c1)=CCc1c3c(ccc1=2)=C(C(C)(C(=O)O)C1Nc2ccccc2CN(C=Cc2ccccc2)C1=O)CCC3. The predicted octanol–water partition coefficient (Wildman–Crippen LogP) is 6.09. The van der Waals surface area contributed by atoms with Gasteiger partial charge in [-0.15, -0.1) is 0 Å². The van der Waals surface area contributed by atoms with E-state index >= 15 is 0 Å². The topological polar surface area (TPSA) is 103 Å². The van der Waals surface area contributed by atoms with Gasteiger partial charge in [-0.05, 0) is 130 Å². The molecule has 5 aromatic rings. The van der Waals surface area contributed by atoms with Crippen molar-refractivity contribution in [1.29, 1.82) is 0 Å². The van der Waals surface area contributed by atoms with E-state index in [0.29, 0.717) is 31.5 Å². The van der Waals surface area contributed by atoms with Gasteiger partial charge in [-0.1, -0.05) is 72.8 Å². The van der Waals surface area contributed by atoms with E-state index in [1.807, 2.05) is 98.1 Å². The van der Waals surface area contributed by atoms with E-state index in [2.05, 4.69) is 28.5 Å². The summed E-state index contributed by atoms with van der Waals surface area (Å²) in [5.41, 5.74) is 5.96. The largest absolute Gasteiger partial charge is 0.481 e. The Hall–Kier alpha value is -6.28. The number of aromatic nitrogens is 1. The Morgan fingerprint density at radius 3 is 2.47 bits per heavy atom. The number of benzene rings is 4. The minimum Gasteiger partial charge on any atom is -0.481 e. The first-order valence-corrected chi connectivity index (χ1v) is 19.0. The van der Waals surface area contributed by atoms with Crippen molar-refractivity contribution in [1.82, 2.24) is 14.8 Å². The summed E-state index contributed by atoms with van der Waals surface area (Å²) in [6.07, 6.45) is 13.0. The average Bonchev–Trinajstić information content (AvgIpc) is 3.37. The zero-order valence-electron chi connectivity index (χ0n) is 31.2. The van der Waals surface area contributed by atoms with Crippen LogP contribution in [-0.4, -0.2) is 57.3 Å². The Balaban J connectivity index is 1.18. The number of fused-ring (bicyclic) bond motifs is 5. The quantitative estimate of drug-likeness (QED) is 0.191. The van der Waals surface area contributed by atoms with E-state index in [-0.39, 0.29) is 11.8 Å². The molecule has 1 aromatic heterocycles. The van der Waals surface area contributed by atoms with E-state index in [1.54, 1.807) is 35.3 Å². The summed E-state index contributed by atoms with van der Waals surface area (Å²) in [5, 5.41) is 18.7. The molecule has 0 fully saturated rings. The van der Waals surface area contributed by atoms with Gasteiger partial charge in [-0.3, -0.25) is 19.4 Å². The number of likely N-dealkylation sites (N-methyl/N-ethyl adjacent to an activating group) is 1. The van der Waals surface area contributed by atoms with Crippen molar-refractivity contribution in [2.75, 3.05) is 18.9 Å². The highest BCUT2D eigenvalue weighted by atomic mass is 16.4. The fourth-order valence-electron chi connectivity index (χ4n) is 8.48. The first kappa shape index (κ1) is 35.7.